The van der Waals surface area contributed by atoms with Crippen molar-refractivity contribution in [2.45, 2.75) is 19.4 Å². The molecule has 1 aliphatic rings. The maximum atomic E-state index is 12.4. The van der Waals surface area contributed by atoms with Crippen LogP contribution in [0.15, 0.2) is 35.4 Å². The first-order chi connectivity index (χ1) is 11.0. The lowest BCUT2D eigenvalue weighted by molar-refractivity contribution is -0.114. The molecule has 1 saturated heterocycles. The van der Waals surface area contributed by atoms with Crippen LogP contribution in [0.4, 0.5) is 5.82 Å². The van der Waals surface area contributed by atoms with E-state index in [0.29, 0.717) is 18.9 Å². The highest BCUT2D eigenvalue weighted by Crippen LogP contribution is 2.22. The molecule has 1 atom stereocenters. The molecule has 0 aliphatic carbocycles. The van der Waals surface area contributed by atoms with Gasteiger partial charge in [0.2, 0.25) is 5.91 Å². The second kappa shape index (κ2) is 6.07. The quantitative estimate of drug-likeness (QED) is 0.867. The van der Waals surface area contributed by atoms with Gasteiger partial charge in [0.05, 0.1) is 6.04 Å². The molecule has 2 aromatic heterocycles. The van der Waals surface area contributed by atoms with Crippen LogP contribution in [-0.4, -0.2) is 44.6 Å². The van der Waals surface area contributed by atoms with E-state index < -0.39 is 0 Å². The monoisotopic (exact) mass is 315 g/mol. The standard InChI is InChI=1S/C15H17N5O3/c1-10(21)17-13-5-8-20(18-13)11-4-7-19(9-11)15(23)12-3-2-6-16-14(12)22/h2-3,5-6,8,11H,4,7,9H2,1H3,(H,16,22)(H,17,18,21)/t11-/m0/s1. The smallest absolute Gasteiger partial charge is 0.260 e. The van der Waals surface area contributed by atoms with Gasteiger partial charge in [-0.1, -0.05) is 0 Å². The summed E-state index contributed by atoms with van der Waals surface area (Å²) in [5, 5.41) is 6.91. The molecule has 0 saturated carbocycles. The molecule has 23 heavy (non-hydrogen) atoms. The summed E-state index contributed by atoms with van der Waals surface area (Å²) in [6, 6.07) is 4.91. The summed E-state index contributed by atoms with van der Waals surface area (Å²) in [7, 11) is 0. The number of H-pyrrole nitrogens is 1. The number of nitrogens with one attached hydrogen (secondary N) is 2. The third-order valence-electron chi connectivity index (χ3n) is 3.79. The molecule has 1 fully saturated rings. The molecule has 1 aliphatic heterocycles. The first kappa shape index (κ1) is 15.0. The maximum absolute atomic E-state index is 12.4. The lowest BCUT2D eigenvalue weighted by Crippen LogP contribution is -2.33. The van der Waals surface area contributed by atoms with Crippen LogP contribution >= 0.6 is 0 Å². The lowest BCUT2D eigenvalue weighted by atomic mass is 10.2. The molecule has 3 heterocycles. The van der Waals surface area contributed by atoms with E-state index in [4.69, 9.17) is 0 Å². The molecule has 8 nitrogen and oxygen atoms in total. The van der Waals surface area contributed by atoms with Gasteiger partial charge in [0, 0.05) is 38.5 Å². The van der Waals surface area contributed by atoms with Gasteiger partial charge in [-0.15, -0.1) is 0 Å². The van der Waals surface area contributed by atoms with E-state index in [-0.39, 0.29) is 29.0 Å². The number of anilines is 1. The van der Waals surface area contributed by atoms with Crippen molar-refractivity contribution < 1.29 is 9.59 Å². The van der Waals surface area contributed by atoms with Crippen molar-refractivity contribution in [3.8, 4) is 0 Å². The number of rotatable bonds is 3. The first-order valence-corrected chi connectivity index (χ1v) is 7.34. The number of likely N-dealkylation sites (tertiary alicyclic amines) is 1. The third-order valence-corrected chi connectivity index (χ3v) is 3.79. The first-order valence-electron chi connectivity index (χ1n) is 7.34. The van der Waals surface area contributed by atoms with Gasteiger partial charge < -0.3 is 15.2 Å². The van der Waals surface area contributed by atoms with Gasteiger partial charge >= 0.3 is 0 Å². The molecular formula is C15H17N5O3. The molecule has 0 spiro atoms. The number of hydrogen-bond acceptors (Lipinski definition) is 4. The molecule has 2 aromatic rings. The Kier molecular flexibility index (Phi) is 3.96. The fourth-order valence-electron chi connectivity index (χ4n) is 2.69. The average Bonchev–Trinajstić information content (AvgIpc) is 3.15. The second-order valence-electron chi connectivity index (χ2n) is 5.47. The Labute approximate surface area is 132 Å². The van der Waals surface area contributed by atoms with Crippen molar-refractivity contribution in [2.75, 3.05) is 18.4 Å². The number of hydrogen-bond donors (Lipinski definition) is 2. The Morgan fingerprint density at radius 1 is 1.39 bits per heavy atom. The van der Waals surface area contributed by atoms with E-state index in [0.717, 1.165) is 6.42 Å². The van der Waals surface area contributed by atoms with Gasteiger partial charge in [0.15, 0.2) is 5.82 Å². The summed E-state index contributed by atoms with van der Waals surface area (Å²) >= 11 is 0. The summed E-state index contributed by atoms with van der Waals surface area (Å²) in [5.74, 6) is 0.0344. The Bertz CT molecular complexity index is 794. The summed E-state index contributed by atoms with van der Waals surface area (Å²) < 4.78 is 1.74. The SMILES string of the molecule is CC(=O)Nc1ccn([C@H]2CCN(C(=O)c3ccc[nH]c3=O)C2)n1. The fourth-order valence-corrected chi connectivity index (χ4v) is 2.69. The number of carbonyl (C=O) groups excluding carboxylic acids is 2. The predicted molar refractivity (Wildman–Crippen MR) is 83.2 cm³/mol. The zero-order chi connectivity index (χ0) is 16.4. The Balaban J connectivity index is 1.70. The summed E-state index contributed by atoms with van der Waals surface area (Å²) in [6.07, 6.45) is 4.02. The van der Waals surface area contributed by atoms with E-state index in [2.05, 4.69) is 15.4 Å². The minimum absolute atomic E-state index is 0.0317. The van der Waals surface area contributed by atoms with Crippen molar-refractivity contribution >= 4 is 17.6 Å². The molecule has 0 bridgehead atoms. The van der Waals surface area contributed by atoms with Crippen LogP contribution in [0.25, 0.3) is 0 Å². The third kappa shape index (κ3) is 3.15. The van der Waals surface area contributed by atoms with Gasteiger partial charge in [-0.3, -0.25) is 19.1 Å². The van der Waals surface area contributed by atoms with Crippen molar-refractivity contribution in [2.24, 2.45) is 0 Å². The number of aromatic nitrogens is 3. The Morgan fingerprint density at radius 3 is 2.96 bits per heavy atom. The molecule has 0 radical (unpaired) electrons. The van der Waals surface area contributed by atoms with Crippen LogP contribution in [0.3, 0.4) is 0 Å². The normalized spacial score (nSPS) is 17.3. The van der Waals surface area contributed by atoms with Crippen LogP contribution in [0.1, 0.15) is 29.7 Å². The topological polar surface area (TPSA) is 100 Å². The van der Waals surface area contributed by atoms with Crippen LogP contribution in [0, 0.1) is 0 Å². The molecule has 8 heteroatoms. The molecule has 0 aromatic carbocycles. The average molecular weight is 315 g/mol. The van der Waals surface area contributed by atoms with Crippen LogP contribution in [-0.2, 0) is 4.79 Å². The zero-order valence-corrected chi connectivity index (χ0v) is 12.7. The summed E-state index contributed by atoms with van der Waals surface area (Å²) in [4.78, 5) is 39.3. The van der Waals surface area contributed by atoms with Gasteiger partial charge in [-0.2, -0.15) is 5.10 Å². The van der Waals surface area contributed by atoms with E-state index in [9.17, 15) is 14.4 Å². The highest BCUT2D eigenvalue weighted by atomic mass is 16.2. The van der Waals surface area contributed by atoms with Crippen LogP contribution in [0.2, 0.25) is 0 Å². The molecule has 2 N–H and O–H groups in total. The minimum atomic E-state index is -0.381. The molecule has 2 amide bonds. The van der Waals surface area contributed by atoms with Crippen LogP contribution in [0.5, 0.6) is 0 Å². The summed E-state index contributed by atoms with van der Waals surface area (Å²) in [6.45, 7) is 2.47. The van der Waals surface area contributed by atoms with E-state index in [1.165, 1.54) is 19.2 Å². The largest absolute Gasteiger partial charge is 0.336 e. The highest BCUT2D eigenvalue weighted by molar-refractivity contribution is 5.94. The molecular weight excluding hydrogens is 298 g/mol. The number of amides is 2. The van der Waals surface area contributed by atoms with Gasteiger partial charge in [0.1, 0.15) is 5.56 Å². The maximum Gasteiger partial charge on any atom is 0.260 e. The second-order valence-corrected chi connectivity index (χ2v) is 5.47. The van der Waals surface area contributed by atoms with Crippen molar-refractivity contribution in [1.29, 1.82) is 0 Å². The molecule has 120 valence electrons. The van der Waals surface area contributed by atoms with Gasteiger partial charge in [0.25, 0.3) is 11.5 Å². The van der Waals surface area contributed by atoms with Gasteiger partial charge in [-0.05, 0) is 18.6 Å². The Morgan fingerprint density at radius 2 is 2.22 bits per heavy atom. The van der Waals surface area contributed by atoms with Crippen molar-refractivity contribution in [1.82, 2.24) is 19.7 Å². The molecule has 0 unspecified atom stereocenters. The number of pyridine rings is 1. The minimum Gasteiger partial charge on any atom is -0.336 e. The number of carbonyl (C=O) groups is 2. The number of nitrogens with zero attached hydrogens (tertiary/aromatic N) is 3. The van der Waals surface area contributed by atoms with Crippen molar-refractivity contribution in [3.63, 3.8) is 0 Å². The predicted octanol–water partition coefficient (Wildman–Crippen LogP) is 0.617. The van der Waals surface area contributed by atoms with Crippen LogP contribution < -0.4 is 10.9 Å². The van der Waals surface area contributed by atoms with Gasteiger partial charge in [-0.25, -0.2) is 0 Å². The Hall–Kier alpha value is -2.90. The van der Waals surface area contributed by atoms with E-state index in [1.54, 1.807) is 27.9 Å². The number of aromatic amines is 1. The zero-order valence-electron chi connectivity index (χ0n) is 12.7. The van der Waals surface area contributed by atoms with Crippen molar-refractivity contribution in [3.05, 3.63) is 46.5 Å². The molecule has 3 rings (SSSR count). The van der Waals surface area contributed by atoms with E-state index in [1.807, 2.05) is 0 Å². The fraction of sp³-hybridized carbons (Fsp3) is 0.333. The summed E-state index contributed by atoms with van der Waals surface area (Å²) in [5.41, 5.74) is -0.236. The van der Waals surface area contributed by atoms with E-state index >= 15 is 0 Å². The lowest BCUT2D eigenvalue weighted by Gasteiger charge is -2.16. The highest BCUT2D eigenvalue weighted by Gasteiger charge is 2.29.